The van der Waals surface area contributed by atoms with Crippen LogP contribution in [0.1, 0.15) is 10.4 Å². The first-order chi connectivity index (χ1) is 9.92. The zero-order valence-electron chi connectivity index (χ0n) is 10.8. The van der Waals surface area contributed by atoms with Crippen molar-refractivity contribution in [3.63, 3.8) is 0 Å². The summed E-state index contributed by atoms with van der Waals surface area (Å²) >= 11 is 2.84. The molecule has 4 nitrogen and oxygen atoms in total. The number of amides is 1. The van der Waals surface area contributed by atoms with Gasteiger partial charge in [-0.15, -0.1) is 0 Å². The third-order valence-electron chi connectivity index (χ3n) is 2.71. The predicted molar refractivity (Wildman–Crippen MR) is 76.7 cm³/mol. The van der Waals surface area contributed by atoms with Crippen molar-refractivity contribution >= 4 is 27.5 Å². The molecule has 1 amide bonds. The van der Waals surface area contributed by atoms with Gasteiger partial charge < -0.3 is 15.2 Å². The Morgan fingerprint density at radius 3 is 2.62 bits per heavy atom. The van der Waals surface area contributed by atoms with Crippen molar-refractivity contribution in [3.8, 4) is 11.5 Å². The molecule has 110 valence electrons. The van der Waals surface area contributed by atoms with Crippen LogP contribution in [0.2, 0.25) is 0 Å². The van der Waals surface area contributed by atoms with Gasteiger partial charge in [-0.3, -0.25) is 4.79 Å². The van der Waals surface area contributed by atoms with Crippen molar-refractivity contribution in [2.45, 2.75) is 0 Å². The van der Waals surface area contributed by atoms with E-state index in [1.807, 2.05) is 0 Å². The summed E-state index contributed by atoms with van der Waals surface area (Å²) in [5.74, 6) is -2.26. The van der Waals surface area contributed by atoms with E-state index in [1.54, 1.807) is 0 Å². The van der Waals surface area contributed by atoms with Crippen LogP contribution in [-0.2, 0) is 0 Å². The number of ether oxygens (including phenoxy) is 1. The van der Waals surface area contributed by atoms with E-state index in [1.165, 1.54) is 25.3 Å². The molecular formula is C14H10BrF2NO3. The highest BCUT2D eigenvalue weighted by molar-refractivity contribution is 9.10. The van der Waals surface area contributed by atoms with Crippen molar-refractivity contribution in [2.75, 3.05) is 12.4 Å². The van der Waals surface area contributed by atoms with Gasteiger partial charge in [-0.1, -0.05) is 0 Å². The fourth-order valence-corrected chi connectivity index (χ4v) is 1.95. The molecule has 2 N–H and O–H groups in total. The maximum atomic E-state index is 13.7. The molecule has 7 heteroatoms. The standard InChI is InChI=1S/C14H10BrF2NO3/c1-21-7-2-3-13(19)8(4-7)14(20)18-12-6-10(16)9(15)5-11(12)17/h2-6,19H,1H3,(H,18,20). The van der Waals surface area contributed by atoms with Crippen molar-refractivity contribution in [1.82, 2.24) is 0 Å². The summed E-state index contributed by atoms with van der Waals surface area (Å²) < 4.78 is 31.9. The maximum Gasteiger partial charge on any atom is 0.259 e. The van der Waals surface area contributed by atoms with Crippen molar-refractivity contribution < 1.29 is 23.4 Å². The van der Waals surface area contributed by atoms with Crippen LogP contribution in [0.4, 0.5) is 14.5 Å². The maximum absolute atomic E-state index is 13.7. The molecule has 0 atom stereocenters. The molecule has 0 aliphatic heterocycles. The molecule has 0 saturated carbocycles. The largest absolute Gasteiger partial charge is 0.507 e. The first kappa shape index (κ1) is 15.2. The molecule has 0 spiro atoms. The van der Waals surface area contributed by atoms with Crippen LogP contribution in [0, 0.1) is 11.6 Å². The van der Waals surface area contributed by atoms with E-state index in [9.17, 15) is 18.7 Å². The van der Waals surface area contributed by atoms with Crippen LogP contribution in [0.5, 0.6) is 11.5 Å². The normalized spacial score (nSPS) is 10.3. The van der Waals surface area contributed by atoms with Gasteiger partial charge in [0.05, 0.1) is 22.8 Å². The van der Waals surface area contributed by atoms with Crippen molar-refractivity contribution in [2.24, 2.45) is 0 Å². The van der Waals surface area contributed by atoms with Gasteiger partial charge in [0.1, 0.15) is 23.1 Å². The lowest BCUT2D eigenvalue weighted by Crippen LogP contribution is -2.13. The minimum Gasteiger partial charge on any atom is -0.507 e. The second kappa shape index (κ2) is 6.09. The van der Waals surface area contributed by atoms with Gasteiger partial charge in [0.2, 0.25) is 0 Å². The van der Waals surface area contributed by atoms with Crippen LogP contribution in [0.25, 0.3) is 0 Å². The monoisotopic (exact) mass is 357 g/mol. The molecule has 0 saturated heterocycles. The van der Waals surface area contributed by atoms with E-state index in [2.05, 4.69) is 21.2 Å². The lowest BCUT2D eigenvalue weighted by molar-refractivity contribution is 0.102. The number of hydrogen-bond acceptors (Lipinski definition) is 3. The van der Waals surface area contributed by atoms with Gasteiger partial charge in [0.15, 0.2) is 0 Å². The molecule has 2 rings (SSSR count). The zero-order chi connectivity index (χ0) is 15.6. The number of hydrogen-bond donors (Lipinski definition) is 2. The van der Waals surface area contributed by atoms with Gasteiger partial charge >= 0.3 is 0 Å². The van der Waals surface area contributed by atoms with Gasteiger partial charge in [-0.05, 0) is 40.2 Å². The molecule has 2 aromatic carbocycles. The highest BCUT2D eigenvalue weighted by atomic mass is 79.9. The minimum atomic E-state index is -0.806. The van der Waals surface area contributed by atoms with Crippen LogP contribution < -0.4 is 10.1 Å². The first-order valence-electron chi connectivity index (χ1n) is 5.75. The lowest BCUT2D eigenvalue weighted by atomic mass is 10.1. The van der Waals surface area contributed by atoms with Gasteiger partial charge in [-0.25, -0.2) is 8.78 Å². The third-order valence-corrected chi connectivity index (χ3v) is 3.31. The first-order valence-corrected chi connectivity index (χ1v) is 6.54. The van der Waals surface area contributed by atoms with E-state index in [4.69, 9.17) is 4.74 Å². The van der Waals surface area contributed by atoms with Crippen molar-refractivity contribution in [3.05, 3.63) is 52.0 Å². The number of carbonyl (C=O) groups excluding carboxylic acids is 1. The Hall–Kier alpha value is -2.15. The quantitative estimate of drug-likeness (QED) is 0.823. The number of methoxy groups -OCH3 is 1. The SMILES string of the molecule is COc1ccc(O)c(C(=O)Nc2cc(F)c(Br)cc2F)c1. The topological polar surface area (TPSA) is 58.6 Å². The Bertz CT molecular complexity index is 707. The molecule has 0 radical (unpaired) electrons. The van der Waals surface area contributed by atoms with Crippen molar-refractivity contribution in [1.29, 1.82) is 0 Å². The summed E-state index contributed by atoms with van der Waals surface area (Å²) in [6, 6.07) is 5.76. The number of phenols is 1. The Balaban J connectivity index is 2.32. The van der Waals surface area contributed by atoms with E-state index in [0.717, 1.165) is 12.1 Å². The van der Waals surface area contributed by atoms with Crippen LogP contribution >= 0.6 is 15.9 Å². The average Bonchev–Trinajstić information content (AvgIpc) is 2.45. The highest BCUT2D eigenvalue weighted by Crippen LogP contribution is 2.26. The predicted octanol–water partition coefficient (Wildman–Crippen LogP) is 3.69. The fourth-order valence-electron chi connectivity index (χ4n) is 1.63. The molecule has 0 bridgehead atoms. The lowest BCUT2D eigenvalue weighted by Gasteiger charge is -2.10. The number of anilines is 1. The molecule has 0 fully saturated rings. The number of rotatable bonds is 3. The third kappa shape index (κ3) is 3.30. The Morgan fingerprint density at radius 2 is 1.95 bits per heavy atom. The van der Waals surface area contributed by atoms with E-state index >= 15 is 0 Å². The molecule has 0 aromatic heterocycles. The molecule has 0 aliphatic carbocycles. The molecule has 21 heavy (non-hydrogen) atoms. The van der Waals surface area contributed by atoms with Crippen LogP contribution in [-0.4, -0.2) is 18.1 Å². The smallest absolute Gasteiger partial charge is 0.259 e. The Morgan fingerprint density at radius 1 is 1.24 bits per heavy atom. The average molecular weight is 358 g/mol. The summed E-state index contributed by atoms with van der Waals surface area (Å²) in [5.41, 5.74) is -0.444. The highest BCUT2D eigenvalue weighted by Gasteiger charge is 2.16. The van der Waals surface area contributed by atoms with Gasteiger partial charge in [0, 0.05) is 6.07 Å². The molecule has 0 heterocycles. The van der Waals surface area contributed by atoms with E-state index in [-0.39, 0.29) is 21.5 Å². The molecule has 0 unspecified atom stereocenters. The minimum absolute atomic E-state index is 0.0535. The Labute approximate surface area is 127 Å². The number of benzene rings is 2. The fraction of sp³-hybridized carbons (Fsp3) is 0.0714. The summed E-state index contributed by atoms with van der Waals surface area (Å²) in [6.07, 6.45) is 0. The summed E-state index contributed by atoms with van der Waals surface area (Å²) in [6.45, 7) is 0. The zero-order valence-corrected chi connectivity index (χ0v) is 12.4. The summed E-state index contributed by atoms with van der Waals surface area (Å²) in [4.78, 5) is 12.0. The number of halogens is 3. The van der Waals surface area contributed by atoms with Gasteiger partial charge in [0.25, 0.3) is 5.91 Å². The second-order valence-electron chi connectivity index (χ2n) is 4.08. The van der Waals surface area contributed by atoms with Crippen LogP contribution in [0.3, 0.4) is 0 Å². The molecular weight excluding hydrogens is 348 g/mol. The number of nitrogens with one attached hydrogen (secondary N) is 1. The number of phenolic OH excluding ortho intramolecular Hbond substituents is 1. The number of aromatic hydroxyl groups is 1. The second-order valence-corrected chi connectivity index (χ2v) is 4.94. The number of carbonyl (C=O) groups is 1. The molecule has 2 aromatic rings. The Kier molecular flexibility index (Phi) is 4.42. The summed E-state index contributed by atoms with van der Waals surface area (Å²) in [5, 5.41) is 11.9. The van der Waals surface area contributed by atoms with Gasteiger partial charge in [-0.2, -0.15) is 0 Å². The van der Waals surface area contributed by atoms with E-state index in [0.29, 0.717) is 5.75 Å². The van der Waals surface area contributed by atoms with E-state index < -0.39 is 17.5 Å². The molecule has 0 aliphatic rings. The van der Waals surface area contributed by atoms with Crippen LogP contribution in [0.15, 0.2) is 34.8 Å². The summed E-state index contributed by atoms with van der Waals surface area (Å²) in [7, 11) is 1.40.